The number of nitrogens with zero attached hydrogens (tertiary/aromatic N) is 3. The van der Waals surface area contributed by atoms with Crippen LogP contribution in [0.3, 0.4) is 0 Å². The zero-order valence-electron chi connectivity index (χ0n) is 11.5. The van der Waals surface area contributed by atoms with Crippen LogP contribution in [0.5, 0.6) is 5.75 Å². The molecule has 1 fully saturated rings. The van der Waals surface area contributed by atoms with Gasteiger partial charge in [-0.05, 0) is 45.3 Å². The van der Waals surface area contributed by atoms with Gasteiger partial charge < -0.3 is 15.0 Å². The Balaban J connectivity index is 1.81. The number of rotatable bonds is 5. The van der Waals surface area contributed by atoms with Crippen LogP contribution < -0.4 is 10.1 Å². The summed E-state index contributed by atoms with van der Waals surface area (Å²) in [5, 5.41) is 3.64. The van der Waals surface area contributed by atoms with E-state index in [0.29, 0.717) is 16.7 Å². The first-order valence-corrected chi connectivity index (χ1v) is 7.05. The smallest absolute Gasteiger partial charge is 0.198 e. The summed E-state index contributed by atoms with van der Waals surface area (Å²) < 4.78 is 5.21. The van der Waals surface area contributed by atoms with Crippen molar-refractivity contribution in [3.63, 3.8) is 0 Å². The largest absolute Gasteiger partial charge is 0.490 e. The summed E-state index contributed by atoms with van der Waals surface area (Å²) in [6.07, 6.45) is 5.15. The lowest BCUT2D eigenvalue weighted by Gasteiger charge is -2.28. The van der Waals surface area contributed by atoms with Gasteiger partial charge in [0.05, 0.1) is 7.11 Å². The minimum atomic E-state index is 0.347. The molecule has 1 aliphatic heterocycles. The van der Waals surface area contributed by atoms with Crippen molar-refractivity contribution in [3.8, 4) is 5.75 Å². The van der Waals surface area contributed by atoms with Crippen molar-refractivity contribution in [2.75, 3.05) is 39.1 Å². The lowest BCUT2D eigenvalue weighted by molar-refractivity contribution is 0.215. The second kappa shape index (κ2) is 6.91. The Bertz CT molecular complexity index is 408. The van der Waals surface area contributed by atoms with Gasteiger partial charge in [0.25, 0.3) is 0 Å². The highest BCUT2D eigenvalue weighted by atomic mass is 35.5. The number of likely N-dealkylation sites (tertiary alicyclic amines) is 1. The highest BCUT2D eigenvalue weighted by Gasteiger charge is 2.16. The molecule has 1 N–H and O–H groups in total. The van der Waals surface area contributed by atoms with E-state index in [-0.39, 0.29) is 0 Å². The van der Waals surface area contributed by atoms with Crippen molar-refractivity contribution >= 4 is 17.4 Å². The highest BCUT2D eigenvalue weighted by Crippen LogP contribution is 2.28. The van der Waals surface area contributed by atoms with E-state index in [0.717, 1.165) is 18.9 Å². The molecular formula is C13H21ClN4O. The second-order valence-electron chi connectivity index (χ2n) is 5.01. The first-order chi connectivity index (χ1) is 9.20. The first kappa shape index (κ1) is 14.3. The van der Waals surface area contributed by atoms with Gasteiger partial charge >= 0.3 is 0 Å². The minimum Gasteiger partial charge on any atom is -0.490 e. The van der Waals surface area contributed by atoms with Crippen LogP contribution >= 0.6 is 11.6 Å². The normalized spacial score (nSPS) is 17.4. The molecule has 0 saturated carbocycles. The van der Waals surface area contributed by atoms with Gasteiger partial charge in [0.15, 0.2) is 16.7 Å². The fraction of sp³-hybridized carbons (Fsp3) is 0.692. The van der Waals surface area contributed by atoms with Crippen LogP contribution in [0.1, 0.15) is 19.3 Å². The molecule has 1 aliphatic rings. The van der Waals surface area contributed by atoms with Crippen LogP contribution in [0, 0.1) is 5.92 Å². The van der Waals surface area contributed by atoms with Crippen molar-refractivity contribution in [3.05, 3.63) is 11.5 Å². The predicted octanol–water partition coefficient (Wildman–Crippen LogP) is 2.28. The number of methoxy groups -OCH3 is 1. The van der Waals surface area contributed by atoms with E-state index >= 15 is 0 Å². The molecule has 1 saturated heterocycles. The molecule has 0 spiro atoms. The third kappa shape index (κ3) is 3.94. The standard InChI is InChI=1S/C13H21ClN4O/c1-18-7-4-10(5-8-18)3-6-15-13-11(19-2)12(14)16-9-17-13/h9-10H,3-8H2,1-2H3,(H,15,16,17). The topological polar surface area (TPSA) is 50.3 Å². The van der Waals surface area contributed by atoms with Gasteiger partial charge in [0.2, 0.25) is 0 Å². The van der Waals surface area contributed by atoms with Crippen LogP contribution in [-0.2, 0) is 0 Å². The van der Waals surface area contributed by atoms with Crippen molar-refractivity contribution in [2.45, 2.75) is 19.3 Å². The maximum atomic E-state index is 5.95. The molecule has 5 nitrogen and oxygen atoms in total. The Morgan fingerprint density at radius 3 is 2.84 bits per heavy atom. The van der Waals surface area contributed by atoms with E-state index in [4.69, 9.17) is 16.3 Å². The summed E-state index contributed by atoms with van der Waals surface area (Å²) in [5.74, 6) is 2.00. The molecule has 0 aromatic carbocycles. The average molecular weight is 285 g/mol. The Morgan fingerprint density at radius 2 is 2.16 bits per heavy atom. The van der Waals surface area contributed by atoms with Gasteiger partial charge in [0, 0.05) is 6.54 Å². The number of aromatic nitrogens is 2. The lowest BCUT2D eigenvalue weighted by Crippen LogP contribution is -2.30. The number of hydrogen-bond donors (Lipinski definition) is 1. The highest BCUT2D eigenvalue weighted by molar-refractivity contribution is 6.31. The molecule has 19 heavy (non-hydrogen) atoms. The van der Waals surface area contributed by atoms with E-state index in [1.54, 1.807) is 7.11 Å². The SMILES string of the molecule is COc1c(Cl)ncnc1NCCC1CCN(C)CC1. The fourth-order valence-electron chi connectivity index (χ4n) is 2.40. The molecule has 0 bridgehead atoms. The van der Waals surface area contributed by atoms with Crippen LogP contribution in [0.15, 0.2) is 6.33 Å². The summed E-state index contributed by atoms with van der Waals surface area (Å²) in [6, 6.07) is 0. The molecule has 2 rings (SSSR count). The molecule has 0 unspecified atom stereocenters. The second-order valence-corrected chi connectivity index (χ2v) is 5.37. The third-order valence-corrected chi connectivity index (χ3v) is 3.92. The van der Waals surface area contributed by atoms with E-state index in [9.17, 15) is 0 Å². The number of hydrogen-bond acceptors (Lipinski definition) is 5. The maximum absolute atomic E-state index is 5.95. The molecule has 2 heterocycles. The Labute approximate surface area is 119 Å². The number of piperidine rings is 1. The monoisotopic (exact) mass is 284 g/mol. The number of halogens is 1. The van der Waals surface area contributed by atoms with Gasteiger partial charge in [-0.2, -0.15) is 0 Å². The third-order valence-electron chi connectivity index (χ3n) is 3.65. The predicted molar refractivity (Wildman–Crippen MR) is 76.9 cm³/mol. The zero-order valence-corrected chi connectivity index (χ0v) is 12.3. The number of ether oxygens (including phenoxy) is 1. The maximum Gasteiger partial charge on any atom is 0.198 e. The molecule has 0 amide bonds. The van der Waals surface area contributed by atoms with Gasteiger partial charge in [-0.25, -0.2) is 9.97 Å². The fourth-order valence-corrected chi connectivity index (χ4v) is 2.61. The van der Waals surface area contributed by atoms with Crippen molar-refractivity contribution in [2.24, 2.45) is 5.92 Å². The number of nitrogens with one attached hydrogen (secondary N) is 1. The summed E-state index contributed by atoms with van der Waals surface area (Å²) in [5.41, 5.74) is 0. The Morgan fingerprint density at radius 1 is 1.42 bits per heavy atom. The quantitative estimate of drug-likeness (QED) is 0.841. The van der Waals surface area contributed by atoms with Crippen LogP contribution in [0.2, 0.25) is 5.15 Å². The molecule has 1 aromatic rings. The summed E-state index contributed by atoms with van der Waals surface area (Å²) in [6.45, 7) is 3.29. The van der Waals surface area contributed by atoms with Gasteiger partial charge in [-0.3, -0.25) is 0 Å². The molecule has 106 valence electrons. The average Bonchev–Trinajstić information content (AvgIpc) is 2.41. The van der Waals surface area contributed by atoms with Crippen molar-refractivity contribution in [1.29, 1.82) is 0 Å². The molecule has 0 atom stereocenters. The van der Waals surface area contributed by atoms with E-state index in [2.05, 4.69) is 27.2 Å². The minimum absolute atomic E-state index is 0.347. The van der Waals surface area contributed by atoms with Crippen molar-refractivity contribution in [1.82, 2.24) is 14.9 Å². The van der Waals surface area contributed by atoms with E-state index in [1.807, 2.05) is 0 Å². The summed E-state index contributed by atoms with van der Waals surface area (Å²) in [7, 11) is 3.76. The lowest BCUT2D eigenvalue weighted by atomic mass is 9.94. The van der Waals surface area contributed by atoms with E-state index in [1.165, 1.54) is 32.3 Å². The Hall–Kier alpha value is -1.07. The number of anilines is 1. The zero-order chi connectivity index (χ0) is 13.7. The molecule has 0 radical (unpaired) electrons. The van der Waals surface area contributed by atoms with Crippen molar-refractivity contribution < 1.29 is 4.74 Å². The van der Waals surface area contributed by atoms with Crippen LogP contribution in [0.25, 0.3) is 0 Å². The van der Waals surface area contributed by atoms with E-state index < -0.39 is 0 Å². The first-order valence-electron chi connectivity index (χ1n) is 6.67. The molecule has 0 aliphatic carbocycles. The Kier molecular flexibility index (Phi) is 5.22. The summed E-state index contributed by atoms with van der Waals surface area (Å²) in [4.78, 5) is 10.5. The molecule has 1 aromatic heterocycles. The van der Waals surface area contributed by atoms with Crippen LogP contribution in [-0.4, -0.2) is 48.7 Å². The summed E-state index contributed by atoms with van der Waals surface area (Å²) >= 11 is 5.95. The van der Waals surface area contributed by atoms with Crippen LogP contribution in [0.4, 0.5) is 5.82 Å². The van der Waals surface area contributed by atoms with Gasteiger partial charge in [-0.15, -0.1) is 0 Å². The molecular weight excluding hydrogens is 264 g/mol. The molecule has 6 heteroatoms. The van der Waals surface area contributed by atoms with Gasteiger partial charge in [-0.1, -0.05) is 11.6 Å². The van der Waals surface area contributed by atoms with Gasteiger partial charge in [0.1, 0.15) is 6.33 Å².